The summed E-state index contributed by atoms with van der Waals surface area (Å²) in [5.74, 6) is -14.2. The minimum Gasteiger partial charge on any atom is -0.473 e. The number of hydrogen-bond acceptors (Lipinski definition) is 7. The van der Waals surface area contributed by atoms with Crippen LogP contribution in [0.25, 0.3) is 32.8 Å². The minimum absolute atomic E-state index is 0.0576. The van der Waals surface area contributed by atoms with Gasteiger partial charge in [-0.2, -0.15) is 8.78 Å². The molecular formula is C27H14F5NO5S. The average Bonchev–Trinajstić information content (AvgIpc) is 3.43. The van der Waals surface area contributed by atoms with Crippen molar-refractivity contribution in [3.63, 3.8) is 0 Å². The molecule has 0 saturated carbocycles. The SMILES string of the molecule is CC(Oc1c(F)c(F)c(F)c(F)c1F)C(=O)Oc1ccc2cc(-c3nc(-c4ccccc4)cs3)c(=O)oc2c1. The van der Waals surface area contributed by atoms with Gasteiger partial charge in [0, 0.05) is 22.4 Å². The standard InChI is InChI=1S/C27H14F5NO5S/c1-12(36-24-22(31)20(29)19(28)21(30)23(24)32)26(34)37-15-8-7-14-9-16(27(35)38-18(14)10-15)25-33-17(11-39-25)13-5-3-2-4-6-13/h2-12H,1H3. The predicted molar refractivity (Wildman–Crippen MR) is 131 cm³/mol. The fourth-order valence-corrected chi connectivity index (χ4v) is 4.39. The van der Waals surface area contributed by atoms with Crippen molar-refractivity contribution >= 4 is 28.3 Å². The van der Waals surface area contributed by atoms with Crippen molar-refractivity contribution in [1.82, 2.24) is 4.98 Å². The van der Waals surface area contributed by atoms with Crippen LogP contribution in [0, 0.1) is 29.1 Å². The number of carbonyl (C=O) groups is 1. The zero-order chi connectivity index (χ0) is 27.8. The van der Waals surface area contributed by atoms with Crippen LogP contribution >= 0.6 is 11.3 Å². The normalized spacial score (nSPS) is 11.9. The second-order valence-electron chi connectivity index (χ2n) is 8.13. The Bertz CT molecular complexity index is 1760. The van der Waals surface area contributed by atoms with Crippen molar-refractivity contribution in [1.29, 1.82) is 0 Å². The molecular weight excluding hydrogens is 545 g/mol. The first-order valence-electron chi connectivity index (χ1n) is 11.1. The van der Waals surface area contributed by atoms with Gasteiger partial charge in [0.25, 0.3) is 0 Å². The second-order valence-corrected chi connectivity index (χ2v) is 8.99. The molecule has 0 bridgehead atoms. The zero-order valence-electron chi connectivity index (χ0n) is 19.6. The van der Waals surface area contributed by atoms with E-state index < -0.39 is 52.5 Å². The summed E-state index contributed by atoms with van der Waals surface area (Å²) < 4.78 is 82.9. The van der Waals surface area contributed by atoms with Gasteiger partial charge in [-0.05, 0) is 25.1 Å². The molecule has 1 atom stereocenters. The first-order valence-corrected chi connectivity index (χ1v) is 12.0. The minimum atomic E-state index is -2.36. The molecule has 5 rings (SSSR count). The van der Waals surface area contributed by atoms with Gasteiger partial charge in [-0.15, -0.1) is 11.3 Å². The van der Waals surface area contributed by atoms with E-state index in [1.165, 1.54) is 29.5 Å². The first kappa shape index (κ1) is 26.0. The van der Waals surface area contributed by atoms with Crippen molar-refractivity contribution in [3.8, 4) is 33.3 Å². The summed E-state index contributed by atoms with van der Waals surface area (Å²) in [5, 5.41) is 2.73. The highest BCUT2D eigenvalue weighted by molar-refractivity contribution is 7.13. The Morgan fingerprint density at radius 1 is 0.923 bits per heavy atom. The number of fused-ring (bicyclic) bond motifs is 1. The highest BCUT2D eigenvalue weighted by Gasteiger charge is 2.30. The predicted octanol–water partition coefficient (Wildman–Crippen LogP) is 6.65. The van der Waals surface area contributed by atoms with E-state index in [-0.39, 0.29) is 16.9 Å². The topological polar surface area (TPSA) is 78.6 Å². The molecule has 6 nitrogen and oxygen atoms in total. The molecule has 0 saturated heterocycles. The molecule has 0 aliphatic carbocycles. The Labute approximate surface area is 219 Å². The lowest BCUT2D eigenvalue weighted by atomic mass is 10.1. The van der Waals surface area contributed by atoms with E-state index in [0.29, 0.717) is 16.1 Å². The number of nitrogens with zero attached hydrogens (tertiary/aromatic N) is 1. The molecule has 0 amide bonds. The largest absolute Gasteiger partial charge is 0.473 e. The lowest BCUT2D eigenvalue weighted by molar-refractivity contribution is -0.141. The summed E-state index contributed by atoms with van der Waals surface area (Å²) in [5.41, 5.74) is 1.17. The zero-order valence-corrected chi connectivity index (χ0v) is 20.5. The number of ether oxygens (including phenoxy) is 2. The molecule has 0 aliphatic heterocycles. The maximum Gasteiger partial charge on any atom is 0.352 e. The Morgan fingerprint density at radius 2 is 1.59 bits per heavy atom. The van der Waals surface area contributed by atoms with Gasteiger partial charge < -0.3 is 13.9 Å². The molecule has 12 heteroatoms. The average molecular weight is 559 g/mol. The Kier molecular flexibility index (Phi) is 6.87. The summed E-state index contributed by atoms with van der Waals surface area (Å²) >= 11 is 1.26. The number of aromatic nitrogens is 1. The summed E-state index contributed by atoms with van der Waals surface area (Å²) in [6, 6.07) is 15.0. The van der Waals surface area contributed by atoms with Gasteiger partial charge in [-0.3, -0.25) is 0 Å². The van der Waals surface area contributed by atoms with Gasteiger partial charge in [0.15, 0.2) is 11.9 Å². The summed E-state index contributed by atoms with van der Waals surface area (Å²) in [6.45, 7) is 0.992. The molecule has 0 N–H and O–H groups in total. The molecule has 2 aromatic heterocycles. The number of rotatable bonds is 6. The molecule has 5 aromatic rings. The Hall–Kier alpha value is -4.58. The maximum absolute atomic E-state index is 13.9. The third-order valence-corrected chi connectivity index (χ3v) is 6.40. The molecule has 3 aromatic carbocycles. The van der Waals surface area contributed by atoms with Crippen molar-refractivity contribution < 1.29 is 40.6 Å². The maximum atomic E-state index is 13.9. The smallest absolute Gasteiger partial charge is 0.352 e. The lowest BCUT2D eigenvalue weighted by Gasteiger charge is -2.15. The fourth-order valence-electron chi connectivity index (χ4n) is 3.56. The van der Waals surface area contributed by atoms with Crippen LogP contribution < -0.4 is 15.1 Å². The third-order valence-electron chi connectivity index (χ3n) is 5.53. The van der Waals surface area contributed by atoms with Crippen LogP contribution in [0.5, 0.6) is 11.5 Å². The number of benzene rings is 3. The molecule has 39 heavy (non-hydrogen) atoms. The second kappa shape index (κ2) is 10.3. The van der Waals surface area contributed by atoms with Gasteiger partial charge in [-0.1, -0.05) is 30.3 Å². The van der Waals surface area contributed by atoms with Gasteiger partial charge in [0.2, 0.25) is 29.1 Å². The van der Waals surface area contributed by atoms with Crippen LogP contribution in [-0.2, 0) is 4.79 Å². The van der Waals surface area contributed by atoms with Gasteiger partial charge in [0.05, 0.1) is 11.3 Å². The van der Waals surface area contributed by atoms with Gasteiger partial charge in [0.1, 0.15) is 16.3 Å². The number of hydrogen-bond donors (Lipinski definition) is 0. The number of thiazole rings is 1. The number of halogens is 5. The third kappa shape index (κ3) is 4.98. The first-order chi connectivity index (χ1) is 18.6. The fraction of sp³-hybridized carbons (Fsp3) is 0.0741. The molecule has 1 unspecified atom stereocenters. The van der Waals surface area contributed by atoms with Crippen LogP contribution in [0.2, 0.25) is 0 Å². The van der Waals surface area contributed by atoms with Crippen LogP contribution in [0.15, 0.2) is 69.2 Å². The molecule has 0 radical (unpaired) electrons. The van der Waals surface area contributed by atoms with Crippen molar-refractivity contribution in [2.45, 2.75) is 13.0 Å². The van der Waals surface area contributed by atoms with E-state index in [1.807, 2.05) is 35.7 Å². The van der Waals surface area contributed by atoms with Gasteiger partial charge >= 0.3 is 11.6 Å². The molecule has 198 valence electrons. The van der Waals surface area contributed by atoms with Gasteiger partial charge in [-0.25, -0.2) is 27.7 Å². The Morgan fingerprint density at radius 3 is 2.28 bits per heavy atom. The summed E-state index contributed by atoms with van der Waals surface area (Å²) in [6.07, 6.45) is -1.77. The molecule has 0 fully saturated rings. The summed E-state index contributed by atoms with van der Waals surface area (Å²) in [7, 11) is 0. The molecule has 0 spiro atoms. The van der Waals surface area contributed by atoms with Crippen LogP contribution in [0.3, 0.4) is 0 Å². The lowest BCUT2D eigenvalue weighted by Crippen LogP contribution is -2.29. The van der Waals surface area contributed by atoms with E-state index >= 15 is 0 Å². The molecule has 2 heterocycles. The monoisotopic (exact) mass is 559 g/mol. The van der Waals surface area contributed by atoms with E-state index in [4.69, 9.17) is 9.15 Å². The van der Waals surface area contributed by atoms with E-state index in [2.05, 4.69) is 9.72 Å². The highest BCUT2D eigenvalue weighted by Crippen LogP contribution is 2.31. The summed E-state index contributed by atoms with van der Waals surface area (Å²) in [4.78, 5) is 29.6. The molecule has 0 aliphatic rings. The van der Waals surface area contributed by atoms with Crippen molar-refractivity contribution in [3.05, 3.63) is 99.5 Å². The van der Waals surface area contributed by atoms with Crippen molar-refractivity contribution in [2.75, 3.05) is 0 Å². The van der Waals surface area contributed by atoms with Crippen LogP contribution in [0.4, 0.5) is 22.0 Å². The number of carbonyl (C=O) groups excluding carboxylic acids is 1. The van der Waals surface area contributed by atoms with E-state index in [1.54, 1.807) is 6.07 Å². The number of esters is 1. The highest BCUT2D eigenvalue weighted by atomic mass is 32.1. The van der Waals surface area contributed by atoms with E-state index in [9.17, 15) is 31.5 Å². The van der Waals surface area contributed by atoms with Crippen molar-refractivity contribution in [2.24, 2.45) is 0 Å². The Balaban J connectivity index is 1.35. The van der Waals surface area contributed by atoms with E-state index in [0.717, 1.165) is 12.5 Å². The van der Waals surface area contributed by atoms with Crippen LogP contribution in [0.1, 0.15) is 6.92 Å². The van der Waals surface area contributed by atoms with Crippen LogP contribution in [-0.4, -0.2) is 17.1 Å². The quantitative estimate of drug-likeness (QED) is 0.0579.